The van der Waals surface area contributed by atoms with E-state index >= 15 is 0 Å². The Morgan fingerprint density at radius 3 is 2.33 bits per heavy atom. The maximum atomic E-state index is 12.6. The highest BCUT2D eigenvalue weighted by Gasteiger charge is 2.47. The third kappa shape index (κ3) is 4.51. The van der Waals surface area contributed by atoms with Crippen molar-refractivity contribution in [2.75, 3.05) is 24.5 Å². The molecule has 0 N–H and O–H groups in total. The number of nitrogens with zero attached hydrogens (tertiary/aromatic N) is 3. The van der Waals surface area contributed by atoms with E-state index in [1.807, 2.05) is 38.1 Å². The predicted octanol–water partition coefficient (Wildman–Crippen LogP) is 6.30. The lowest BCUT2D eigenvalue weighted by Gasteiger charge is -2.37. The molecule has 2 aliphatic rings. The highest BCUT2D eigenvalue weighted by atomic mass is 16.6. The highest BCUT2D eigenvalue weighted by Crippen LogP contribution is 2.36. The summed E-state index contributed by atoms with van der Waals surface area (Å²) >= 11 is 0. The minimum absolute atomic E-state index is 0.210. The average molecular weight is 448 g/mol. The number of carbonyl (C=O) groups excluding carboxylic acids is 1. The van der Waals surface area contributed by atoms with Crippen molar-refractivity contribution in [1.29, 1.82) is 0 Å². The van der Waals surface area contributed by atoms with Crippen molar-refractivity contribution in [2.45, 2.75) is 66.2 Å². The number of hydrogen-bond acceptors (Lipinski definition) is 3. The van der Waals surface area contributed by atoms with Crippen LogP contribution in [0.2, 0.25) is 0 Å². The van der Waals surface area contributed by atoms with E-state index in [0.29, 0.717) is 6.54 Å². The van der Waals surface area contributed by atoms with Crippen molar-refractivity contribution < 1.29 is 9.53 Å². The van der Waals surface area contributed by atoms with Crippen molar-refractivity contribution in [3.63, 3.8) is 0 Å². The fraction of sp³-hybridized carbons (Fsp3) is 0.464. The van der Waals surface area contributed by atoms with Crippen molar-refractivity contribution in [3.8, 4) is 0 Å². The van der Waals surface area contributed by atoms with E-state index in [1.165, 1.54) is 27.6 Å². The maximum Gasteiger partial charge on any atom is 0.415 e. The van der Waals surface area contributed by atoms with Gasteiger partial charge in [0.2, 0.25) is 0 Å². The fourth-order valence-electron chi connectivity index (χ4n) is 5.13. The third-order valence-corrected chi connectivity index (χ3v) is 7.04. The molecule has 2 saturated heterocycles. The smallest absolute Gasteiger partial charge is 0.415 e. The molecule has 3 aromatic rings. The van der Waals surface area contributed by atoms with E-state index in [0.717, 1.165) is 44.7 Å². The summed E-state index contributed by atoms with van der Waals surface area (Å²) in [6.45, 7) is 14.9. The molecule has 0 bridgehead atoms. The van der Waals surface area contributed by atoms with Crippen LogP contribution in [0.4, 0.5) is 10.5 Å². The number of amides is 1. The van der Waals surface area contributed by atoms with Crippen molar-refractivity contribution in [1.82, 2.24) is 9.47 Å². The van der Waals surface area contributed by atoms with Gasteiger partial charge in [-0.25, -0.2) is 4.79 Å². The number of piperidine rings is 1. The van der Waals surface area contributed by atoms with Gasteiger partial charge in [0.05, 0.1) is 12.1 Å². The third-order valence-electron chi connectivity index (χ3n) is 7.04. The predicted molar refractivity (Wildman–Crippen MR) is 136 cm³/mol. The Kier molecular flexibility index (Phi) is 6.80. The quantitative estimate of drug-likeness (QED) is 0.471. The highest BCUT2D eigenvalue weighted by molar-refractivity contribution is 5.90. The van der Waals surface area contributed by atoms with Gasteiger partial charge in [0.15, 0.2) is 0 Å². The number of carbonyl (C=O) groups is 1. The molecule has 2 aromatic carbocycles. The molecule has 0 radical (unpaired) electrons. The number of fused-ring (bicyclic) bond motifs is 1. The number of aryl methyl sites for hydroxylation is 3. The summed E-state index contributed by atoms with van der Waals surface area (Å²) in [6.07, 6.45) is 3.75. The lowest BCUT2D eigenvalue weighted by molar-refractivity contribution is -0.000879. The number of rotatable bonds is 4. The van der Waals surface area contributed by atoms with Gasteiger partial charge in [0.1, 0.15) is 5.60 Å². The van der Waals surface area contributed by atoms with Crippen molar-refractivity contribution in [3.05, 3.63) is 65.4 Å². The minimum Gasteiger partial charge on any atom is -0.441 e. The van der Waals surface area contributed by atoms with Gasteiger partial charge in [-0.1, -0.05) is 43.7 Å². The average Bonchev–Trinajstić information content (AvgIpc) is 3.41. The van der Waals surface area contributed by atoms with E-state index in [2.05, 4.69) is 54.6 Å². The van der Waals surface area contributed by atoms with E-state index in [1.54, 1.807) is 4.90 Å². The topological polar surface area (TPSA) is 37.7 Å². The normalized spacial score (nSPS) is 17.8. The number of anilines is 1. The van der Waals surface area contributed by atoms with Gasteiger partial charge in [-0.3, -0.25) is 9.80 Å². The zero-order chi connectivity index (χ0) is 23.6. The molecule has 5 nitrogen and oxygen atoms in total. The molecule has 3 heterocycles. The lowest BCUT2D eigenvalue weighted by atomic mass is 9.91. The van der Waals surface area contributed by atoms with Crippen molar-refractivity contribution >= 4 is 22.7 Å². The number of likely N-dealkylation sites (tertiary alicyclic amines) is 1. The molecule has 1 amide bonds. The van der Waals surface area contributed by atoms with Crippen LogP contribution in [-0.2, 0) is 17.8 Å². The van der Waals surface area contributed by atoms with Crippen LogP contribution < -0.4 is 4.90 Å². The van der Waals surface area contributed by atoms with Gasteiger partial charge in [0, 0.05) is 56.3 Å². The second kappa shape index (κ2) is 9.60. The molecule has 5 rings (SSSR count). The van der Waals surface area contributed by atoms with Crippen LogP contribution in [0.3, 0.4) is 0 Å². The molecular formula is C28H37N3O2. The maximum absolute atomic E-state index is 12.6. The summed E-state index contributed by atoms with van der Waals surface area (Å²) < 4.78 is 8.28. The standard InChI is InChI=1S/C26H31N3O2.C2H6/c1-4-28-14-11-23-21(8-7-20(3)24(23)28)17-27-15-12-26(13-16-27)18-29(25(30)31-26)22-9-5-19(2)6-10-22;1-2/h5-11,14H,4,12-13,15-18H2,1-3H3;1-2H3. The molecule has 1 spiro atoms. The first kappa shape index (κ1) is 23.4. The zero-order valence-corrected chi connectivity index (χ0v) is 20.7. The van der Waals surface area contributed by atoms with Gasteiger partial charge in [-0.05, 0) is 50.1 Å². The Labute approximate surface area is 197 Å². The SMILES string of the molecule is CC.CCn1ccc2c(CN3CCC4(CC3)CN(c3ccc(C)cc3)C(=O)O4)ccc(C)c21. The van der Waals surface area contributed by atoms with Gasteiger partial charge in [-0.15, -0.1) is 0 Å². The largest absolute Gasteiger partial charge is 0.441 e. The summed E-state index contributed by atoms with van der Waals surface area (Å²) in [6, 6.07) is 14.9. The number of hydrogen-bond donors (Lipinski definition) is 0. The first-order valence-corrected chi connectivity index (χ1v) is 12.3. The zero-order valence-electron chi connectivity index (χ0n) is 20.7. The Balaban J connectivity index is 0.00000126. The Morgan fingerprint density at radius 2 is 1.67 bits per heavy atom. The van der Waals surface area contributed by atoms with Crippen LogP contribution >= 0.6 is 0 Å². The second-order valence-electron chi connectivity index (χ2n) is 9.15. The molecule has 1 aromatic heterocycles. The van der Waals surface area contributed by atoms with E-state index in [9.17, 15) is 4.79 Å². The molecule has 2 fully saturated rings. The molecule has 176 valence electrons. The summed E-state index contributed by atoms with van der Waals surface area (Å²) in [4.78, 5) is 16.9. The second-order valence-corrected chi connectivity index (χ2v) is 9.15. The monoisotopic (exact) mass is 447 g/mol. The van der Waals surface area contributed by atoms with E-state index in [-0.39, 0.29) is 11.7 Å². The van der Waals surface area contributed by atoms with Gasteiger partial charge in [0.25, 0.3) is 0 Å². The molecule has 2 aliphatic heterocycles. The summed E-state index contributed by atoms with van der Waals surface area (Å²) in [5, 5.41) is 1.36. The summed E-state index contributed by atoms with van der Waals surface area (Å²) in [7, 11) is 0. The van der Waals surface area contributed by atoms with Gasteiger partial charge >= 0.3 is 6.09 Å². The molecular weight excluding hydrogens is 410 g/mol. The van der Waals surface area contributed by atoms with E-state index in [4.69, 9.17) is 4.74 Å². The van der Waals surface area contributed by atoms with Crippen LogP contribution in [0.25, 0.3) is 10.9 Å². The fourth-order valence-corrected chi connectivity index (χ4v) is 5.13. The number of ether oxygens (including phenoxy) is 1. The molecule has 0 atom stereocenters. The van der Waals surface area contributed by atoms with Gasteiger partial charge in [-0.2, -0.15) is 0 Å². The van der Waals surface area contributed by atoms with Crippen LogP contribution in [0.1, 0.15) is 50.3 Å². The summed E-state index contributed by atoms with van der Waals surface area (Å²) in [5.74, 6) is 0. The Hall–Kier alpha value is -2.79. The molecule has 0 saturated carbocycles. The van der Waals surface area contributed by atoms with Crippen LogP contribution in [-0.4, -0.2) is 40.8 Å². The minimum atomic E-state index is -0.355. The van der Waals surface area contributed by atoms with Crippen LogP contribution in [0.5, 0.6) is 0 Å². The first-order valence-electron chi connectivity index (χ1n) is 12.3. The number of benzene rings is 2. The van der Waals surface area contributed by atoms with E-state index < -0.39 is 0 Å². The molecule has 33 heavy (non-hydrogen) atoms. The van der Waals surface area contributed by atoms with Gasteiger partial charge < -0.3 is 9.30 Å². The summed E-state index contributed by atoms with van der Waals surface area (Å²) in [5.41, 5.74) is 5.83. The Bertz CT molecular complexity index is 1110. The molecule has 0 unspecified atom stereocenters. The van der Waals surface area contributed by atoms with Crippen LogP contribution in [0, 0.1) is 13.8 Å². The first-order chi connectivity index (χ1) is 16.0. The van der Waals surface area contributed by atoms with Crippen LogP contribution in [0.15, 0.2) is 48.7 Å². The lowest BCUT2D eigenvalue weighted by Crippen LogP contribution is -2.46. The molecule has 5 heteroatoms. The number of aromatic nitrogens is 1. The molecule has 0 aliphatic carbocycles. The Morgan fingerprint density at radius 1 is 0.970 bits per heavy atom. The van der Waals surface area contributed by atoms with Crippen molar-refractivity contribution in [2.24, 2.45) is 0 Å².